The summed E-state index contributed by atoms with van der Waals surface area (Å²) in [7, 11) is 5.60. The zero-order chi connectivity index (χ0) is 16.7. The van der Waals surface area contributed by atoms with E-state index in [1.54, 1.807) is 29.3 Å². The average molecular weight is 317 g/mol. The molecule has 0 aliphatic carbocycles. The Balaban J connectivity index is 2.22. The summed E-state index contributed by atoms with van der Waals surface area (Å²) < 4.78 is 7.23. The van der Waals surface area contributed by atoms with Gasteiger partial charge >= 0.3 is 6.02 Å². The van der Waals surface area contributed by atoms with Gasteiger partial charge in [0.1, 0.15) is 18.8 Å². The van der Waals surface area contributed by atoms with Crippen LogP contribution in [-0.4, -0.2) is 78.8 Å². The highest BCUT2D eigenvalue weighted by molar-refractivity contribution is 6.10. The Hall–Kier alpha value is -2.66. The van der Waals surface area contributed by atoms with Crippen molar-refractivity contribution >= 4 is 11.7 Å². The van der Waals surface area contributed by atoms with E-state index in [2.05, 4.69) is 15.1 Å². The molecular weight excluding hydrogens is 296 g/mol. The molecular formula is C15H21N6O2+. The maximum absolute atomic E-state index is 9.25. The standard InChI is InChI=1S/C15H21N6O2/c1-19(2)15(20(3)21-8-10-22-11-9-21)23-18-14(12-16)13-6-4-5-7-17-13/h4-7H,8-11H2,1-3H3/q+1. The molecule has 2 rings (SSSR count). The van der Waals surface area contributed by atoms with E-state index in [4.69, 9.17) is 9.57 Å². The van der Waals surface area contributed by atoms with Crippen molar-refractivity contribution in [2.24, 2.45) is 5.16 Å². The first-order valence-electron chi connectivity index (χ1n) is 7.30. The minimum atomic E-state index is 0.125. The number of rotatable bonds is 3. The fraction of sp³-hybridized carbons (Fsp3) is 0.467. The summed E-state index contributed by atoms with van der Waals surface area (Å²) in [6.45, 7) is 2.88. The molecule has 1 aromatic heterocycles. The van der Waals surface area contributed by atoms with Crippen molar-refractivity contribution in [2.75, 3.05) is 47.4 Å². The van der Waals surface area contributed by atoms with Crippen molar-refractivity contribution < 1.29 is 14.3 Å². The van der Waals surface area contributed by atoms with E-state index in [9.17, 15) is 5.26 Å². The maximum Gasteiger partial charge on any atom is 0.496 e. The quantitative estimate of drug-likeness (QED) is 0.341. The average Bonchev–Trinajstić information content (AvgIpc) is 2.59. The van der Waals surface area contributed by atoms with Crippen LogP contribution in [0.4, 0.5) is 0 Å². The van der Waals surface area contributed by atoms with Crippen LogP contribution in [0.1, 0.15) is 5.69 Å². The van der Waals surface area contributed by atoms with E-state index in [1.807, 2.05) is 31.9 Å². The Morgan fingerprint density at radius 2 is 2.17 bits per heavy atom. The van der Waals surface area contributed by atoms with E-state index in [0.29, 0.717) is 24.9 Å². The predicted molar refractivity (Wildman–Crippen MR) is 84.7 cm³/mol. The fourth-order valence-corrected chi connectivity index (χ4v) is 2.12. The van der Waals surface area contributed by atoms with Crippen LogP contribution in [0, 0.1) is 11.3 Å². The molecule has 23 heavy (non-hydrogen) atoms. The second kappa shape index (κ2) is 8.10. The summed E-state index contributed by atoms with van der Waals surface area (Å²) in [4.78, 5) is 11.4. The number of pyridine rings is 1. The van der Waals surface area contributed by atoms with E-state index in [1.165, 1.54) is 0 Å². The molecule has 0 amide bonds. The summed E-state index contributed by atoms with van der Waals surface area (Å²) in [6, 6.07) is 7.81. The number of oxime groups is 1. The van der Waals surface area contributed by atoms with Gasteiger partial charge in [0.05, 0.1) is 40.4 Å². The Morgan fingerprint density at radius 3 is 2.74 bits per heavy atom. The van der Waals surface area contributed by atoms with Crippen molar-refractivity contribution in [3.8, 4) is 6.07 Å². The highest BCUT2D eigenvalue weighted by Gasteiger charge is 2.23. The van der Waals surface area contributed by atoms with E-state index >= 15 is 0 Å². The van der Waals surface area contributed by atoms with Gasteiger partial charge in [0.2, 0.25) is 5.71 Å². The molecule has 0 N–H and O–H groups in total. The van der Waals surface area contributed by atoms with Gasteiger partial charge in [-0.05, 0) is 12.1 Å². The van der Waals surface area contributed by atoms with Crippen LogP contribution in [0.15, 0.2) is 29.6 Å². The molecule has 1 saturated heterocycles. The first-order chi connectivity index (χ1) is 11.1. The minimum absolute atomic E-state index is 0.125. The van der Waals surface area contributed by atoms with Crippen LogP contribution in [0.2, 0.25) is 0 Å². The smallest absolute Gasteiger partial charge is 0.377 e. The van der Waals surface area contributed by atoms with Crippen molar-refractivity contribution in [3.05, 3.63) is 30.1 Å². The Morgan fingerprint density at radius 1 is 1.43 bits per heavy atom. The number of amidine groups is 1. The monoisotopic (exact) mass is 317 g/mol. The van der Waals surface area contributed by atoms with Gasteiger partial charge in [0, 0.05) is 6.20 Å². The van der Waals surface area contributed by atoms with Crippen LogP contribution >= 0.6 is 0 Å². The second-order valence-electron chi connectivity index (χ2n) is 5.12. The molecule has 1 aliphatic heterocycles. The molecule has 2 heterocycles. The molecule has 122 valence electrons. The predicted octanol–water partition coefficient (Wildman–Crippen LogP) is 0.133. The van der Waals surface area contributed by atoms with Crippen molar-refractivity contribution in [2.45, 2.75) is 0 Å². The Labute approximate surface area is 135 Å². The minimum Gasteiger partial charge on any atom is -0.377 e. The number of ether oxygens (including phenoxy) is 1. The van der Waals surface area contributed by atoms with Crippen LogP contribution in [0.25, 0.3) is 0 Å². The van der Waals surface area contributed by atoms with E-state index in [-0.39, 0.29) is 5.71 Å². The second-order valence-corrected chi connectivity index (χ2v) is 5.12. The van der Waals surface area contributed by atoms with Gasteiger partial charge in [-0.1, -0.05) is 11.2 Å². The van der Waals surface area contributed by atoms with Gasteiger partial charge in [-0.3, -0.25) is 9.82 Å². The molecule has 1 aliphatic rings. The number of hydrogen-bond acceptors (Lipinski definition) is 6. The van der Waals surface area contributed by atoms with E-state index in [0.717, 1.165) is 13.1 Å². The first kappa shape index (κ1) is 16.7. The molecule has 1 fully saturated rings. The van der Waals surface area contributed by atoms with Crippen LogP contribution < -0.4 is 0 Å². The molecule has 0 bridgehead atoms. The topological polar surface area (TPSA) is 77.0 Å². The Bertz CT molecular complexity index is 615. The number of hydrazine groups is 1. The number of hydrazone groups is 1. The van der Waals surface area contributed by atoms with Gasteiger partial charge in [-0.15, -0.1) is 4.68 Å². The summed E-state index contributed by atoms with van der Waals surface area (Å²) in [6.07, 6.45) is 1.61. The maximum atomic E-state index is 9.25. The van der Waals surface area contributed by atoms with Crippen LogP contribution in [0.3, 0.4) is 0 Å². The number of hydrogen-bond donors (Lipinski definition) is 0. The molecule has 0 atom stereocenters. The van der Waals surface area contributed by atoms with Crippen molar-refractivity contribution in [1.29, 1.82) is 5.26 Å². The summed E-state index contributed by atoms with van der Waals surface area (Å²) in [5, 5.41) is 15.3. The third kappa shape index (κ3) is 4.40. The largest absolute Gasteiger partial charge is 0.496 e. The highest BCUT2D eigenvalue weighted by atomic mass is 16.7. The third-order valence-electron chi connectivity index (χ3n) is 3.30. The molecule has 8 nitrogen and oxygen atoms in total. The molecule has 1 aromatic rings. The van der Waals surface area contributed by atoms with E-state index < -0.39 is 0 Å². The van der Waals surface area contributed by atoms with Gasteiger partial charge in [0.25, 0.3) is 0 Å². The number of aromatic nitrogens is 1. The number of nitrogens with zero attached hydrogens (tertiary/aromatic N) is 6. The molecule has 0 unspecified atom stereocenters. The fourth-order valence-electron chi connectivity index (χ4n) is 2.12. The lowest BCUT2D eigenvalue weighted by atomic mass is 10.2. The summed E-state index contributed by atoms with van der Waals surface area (Å²) in [5.41, 5.74) is 0.599. The zero-order valence-electron chi connectivity index (χ0n) is 13.6. The third-order valence-corrected chi connectivity index (χ3v) is 3.30. The molecule has 0 radical (unpaired) electrons. The highest BCUT2D eigenvalue weighted by Crippen LogP contribution is 2.01. The zero-order valence-corrected chi connectivity index (χ0v) is 13.6. The summed E-state index contributed by atoms with van der Waals surface area (Å²) in [5.74, 6) is 0. The molecule has 0 saturated carbocycles. The van der Waals surface area contributed by atoms with Crippen LogP contribution in [-0.2, 0) is 9.57 Å². The lowest BCUT2D eigenvalue weighted by Crippen LogP contribution is -2.47. The molecule has 8 heteroatoms. The number of nitriles is 1. The van der Waals surface area contributed by atoms with Crippen molar-refractivity contribution in [1.82, 2.24) is 14.9 Å². The van der Waals surface area contributed by atoms with Crippen LogP contribution in [0.5, 0.6) is 0 Å². The van der Waals surface area contributed by atoms with Crippen molar-refractivity contribution in [3.63, 3.8) is 0 Å². The normalized spacial score (nSPS) is 16.4. The number of morpholine rings is 1. The first-order valence-corrected chi connectivity index (χ1v) is 7.30. The Kier molecular flexibility index (Phi) is 5.88. The van der Waals surface area contributed by atoms with Gasteiger partial charge in [-0.2, -0.15) is 5.26 Å². The van der Waals surface area contributed by atoms with Gasteiger partial charge in [-0.25, -0.2) is 9.91 Å². The lowest BCUT2D eigenvalue weighted by molar-refractivity contribution is -0.681. The molecule has 0 spiro atoms. The summed E-state index contributed by atoms with van der Waals surface area (Å²) >= 11 is 0. The SMILES string of the molecule is CN(C)C(ON=C(C#N)c1ccccn1)=[N+](C)N1CCOCC1. The van der Waals surface area contributed by atoms with Gasteiger partial charge in [0.15, 0.2) is 0 Å². The van der Waals surface area contributed by atoms with Gasteiger partial charge < -0.3 is 4.74 Å². The molecule has 0 aromatic carbocycles. The lowest BCUT2D eigenvalue weighted by Gasteiger charge is -2.27.